The van der Waals surface area contributed by atoms with Crippen LogP contribution in [0.3, 0.4) is 0 Å². The van der Waals surface area contributed by atoms with Crippen molar-refractivity contribution in [3.63, 3.8) is 0 Å². The molecule has 0 aromatic heterocycles. The Morgan fingerprint density at radius 3 is 2.85 bits per heavy atom. The van der Waals surface area contributed by atoms with Crippen LogP contribution in [0.1, 0.15) is 12.5 Å². The Kier molecular flexibility index (Phi) is 3.31. The van der Waals surface area contributed by atoms with Gasteiger partial charge in [0.05, 0.1) is 6.61 Å². The van der Waals surface area contributed by atoms with Gasteiger partial charge in [-0.25, -0.2) is 4.79 Å². The van der Waals surface area contributed by atoms with Crippen LogP contribution < -0.4 is 4.74 Å². The van der Waals surface area contributed by atoms with Gasteiger partial charge >= 0.3 is 6.16 Å². The van der Waals surface area contributed by atoms with Gasteiger partial charge in [-0.15, -0.1) is 0 Å². The molecule has 0 aliphatic carbocycles. The molecular formula is C10H12O3. The van der Waals surface area contributed by atoms with Crippen molar-refractivity contribution >= 4 is 6.16 Å². The molecule has 0 heterocycles. The van der Waals surface area contributed by atoms with Gasteiger partial charge in [0.1, 0.15) is 5.75 Å². The summed E-state index contributed by atoms with van der Waals surface area (Å²) in [4.78, 5) is 10.9. The zero-order chi connectivity index (χ0) is 9.68. The predicted molar refractivity (Wildman–Crippen MR) is 48.8 cm³/mol. The Morgan fingerprint density at radius 2 is 2.23 bits per heavy atom. The van der Waals surface area contributed by atoms with Crippen LogP contribution in [-0.4, -0.2) is 12.8 Å². The molecule has 0 spiro atoms. The third-order valence-electron chi connectivity index (χ3n) is 1.45. The number of ether oxygens (including phenoxy) is 2. The first-order valence-electron chi connectivity index (χ1n) is 4.13. The van der Waals surface area contributed by atoms with E-state index in [0.29, 0.717) is 12.4 Å². The van der Waals surface area contributed by atoms with Gasteiger partial charge in [0.15, 0.2) is 0 Å². The van der Waals surface area contributed by atoms with Crippen molar-refractivity contribution in [3.05, 3.63) is 29.8 Å². The molecule has 0 amide bonds. The minimum absolute atomic E-state index is 0.324. The second-order valence-electron chi connectivity index (χ2n) is 2.60. The molecular weight excluding hydrogens is 168 g/mol. The lowest BCUT2D eigenvalue weighted by atomic mass is 10.2. The number of benzene rings is 1. The molecule has 0 atom stereocenters. The summed E-state index contributed by atoms with van der Waals surface area (Å²) >= 11 is 0. The molecule has 0 N–H and O–H groups in total. The van der Waals surface area contributed by atoms with Crippen molar-refractivity contribution in [2.24, 2.45) is 0 Å². The van der Waals surface area contributed by atoms with Crippen LogP contribution in [0.25, 0.3) is 0 Å². The van der Waals surface area contributed by atoms with E-state index in [9.17, 15) is 4.79 Å². The zero-order valence-corrected chi connectivity index (χ0v) is 7.74. The van der Waals surface area contributed by atoms with Gasteiger partial charge in [-0.1, -0.05) is 12.1 Å². The molecule has 0 unspecified atom stereocenters. The summed E-state index contributed by atoms with van der Waals surface area (Å²) in [6.07, 6.45) is -0.659. The molecule has 0 saturated heterocycles. The Hall–Kier alpha value is -1.51. The number of carbonyl (C=O) groups excluding carboxylic acids is 1. The van der Waals surface area contributed by atoms with Gasteiger partial charge in [0.25, 0.3) is 0 Å². The fraction of sp³-hybridized carbons (Fsp3) is 0.300. The first-order valence-corrected chi connectivity index (χ1v) is 4.13. The monoisotopic (exact) mass is 180 g/mol. The highest BCUT2D eigenvalue weighted by molar-refractivity contribution is 5.63. The Morgan fingerprint density at radius 1 is 1.46 bits per heavy atom. The van der Waals surface area contributed by atoms with E-state index in [4.69, 9.17) is 4.74 Å². The summed E-state index contributed by atoms with van der Waals surface area (Å²) < 4.78 is 9.50. The van der Waals surface area contributed by atoms with Crippen LogP contribution in [0.15, 0.2) is 24.3 Å². The van der Waals surface area contributed by atoms with Crippen molar-refractivity contribution < 1.29 is 14.3 Å². The number of hydrogen-bond donors (Lipinski definition) is 0. The molecule has 0 aliphatic rings. The lowest BCUT2D eigenvalue weighted by molar-refractivity contribution is 0.104. The summed E-state index contributed by atoms with van der Waals surface area (Å²) in [5.41, 5.74) is 1.04. The molecule has 13 heavy (non-hydrogen) atoms. The fourth-order valence-corrected chi connectivity index (χ4v) is 0.922. The first kappa shape index (κ1) is 9.58. The van der Waals surface area contributed by atoms with Crippen LogP contribution in [0.4, 0.5) is 4.79 Å². The molecule has 1 aromatic rings. The van der Waals surface area contributed by atoms with Gasteiger partial charge in [0, 0.05) is 0 Å². The topological polar surface area (TPSA) is 35.5 Å². The predicted octanol–water partition coefficient (Wildman–Crippen LogP) is 2.53. The highest BCUT2D eigenvalue weighted by Gasteiger charge is 2.03. The van der Waals surface area contributed by atoms with E-state index in [1.165, 1.54) is 0 Å². The standard InChI is InChI=1S/C10H12O3/c1-3-12-10(11)13-9-6-4-5-8(2)7-9/h4-7H,3H2,1-2H3. The zero-order valence-electron chi connectivity index (χ0n) is 7.74. The molecule has 0 radical (unpaired) electrons. The molecule has 3 nitrogen and oxygen atoms in total. The summed E-state index contributed by atoms with van der Waals surface area (Å²) in [6.45, 7) is 3.99. The second-order valence-corrected chi connectivity index (χ2v) is 2.60. The molecule has 0 saturated carbocycles. The van der Waals surface area contributed by atoms with E-state index in [0.717, 1.165) is 5.56 Å². The minimum Gasteiger partial charge on any atom is -0.434 e. The van der Waals surface area contributed by atoms with Crippen LogP contribution in [0, 0.1) is 6.92 Å². The SMILES string of the molecule is CCOC(=O)Oc1cccc(C)c1. The van der Waals surface area contributed by atoms with Gasteiger partial charge in [-0.3, -0.25) is 0 Å². The maximum Gasteiger partial charge on any atom is 0.513 e. The highest BCUT2D eigenvalue weighted by atomic mass is 16.7. The van der Waals surface area contributed by atoms with Crippen molar-refractivity contribution in [2.45, 2.75) is 13.8 Å². The largest absolute Gasteiger partial charge is 0.513 e. The van der Waals surface area contributed by atoms with Crippen LogP contribution in [0.5, 0.6) is 5.75 Å². The maximum absolute atomic E-state index is 10.9. The van der Waals surface area contributed by atoms with Gasteiger partial charge < -0.3 is 9.47 Å². The summed E-state index contributed by atoms with van der Waals surface area (Å²) in [7, 11) is 0. The van der Waals surface area contributed by atoms with Gasteiger partial charge in [0.2, 0.25) is 0 Å². The van der Waals surface area contributed by atoms with Crippen molar-refractivity contribution in [1.29, 1.82) is 0 Å². The van der Waals surface area contributed by atoms with E-state index >= 15 is 0 Å². The molecule has 1 aromatic carbocycles. The fourth-order valence-electron chi connectivity index (χ4n) is 0.922. The normalized spacial score (nSPS) is 9.38. The number of rotatable bonds is 2. The minimum atomic E-state index is -0.659. The molecule has 0 aliphatic heterocycles. The summed E-state index contributed by atoms with van der Waals surface area (Å²) in [5, 5.41) is 0. The molecule has 0 bridgehead atoms. The van der Waals surface area contributed by atoms with Crippen molar-refractivity contribution in [3.8, 4) is 5.75 Å². The van der Waals surface area contributed by atoms with Crippen LogP contribution >= 0.6 is 0 Å². The quantitative estimate of drug-likeness (QED) is 0.518. The molecule has 1 rings (SSSR count). The average molecular weight is 180 g/mol. The first-order chi connectivity index (χ1) is 6.22. The maximum atomic E-state index is 10.9. The van der Waals surface area contributed by atoms with E-state index < -0.39 is 6.16 Å². The van der Waals surface area contributed by atoms with Crippen LogP contribution in [0.2, 0.25) is 0 Å². The van der Waals surface area contributed by atoms with Crippen molar-refractivity contribution in [2.75, 3.05) is 6.61 Å². The Bertz CT molecular complexity index is 294. The molecule has 0 fully saturated rings. The Balaban J connectivity index is 2.58. The number of hydrogen-bond acceptors (Lipinski definition) is 3. The lowest BCUT2D eigenvalue weighted by Gasteiger charge is -2.03. The van der Waals surface area contributed by atoms with Gasteiger partial charge in [-0.2, -0.15) is 0 Å². The lowest BCUT2D eigenvalue weighted by Crippen LogP contribution is -2.09. The van der Waals surface area contributed by atoms with Crippen LogP contribution in [-0.2, 0) is 4.74 Å². The third-order valence-corrected chi connectivity index (χ3v) is 1.45. The Labute approximate surface area is 77.3 Å². The average Bonchev–Trinajstić information content (AvgIpc) is 2.04. The smallest absolute Gasteiger partial charge is 0.434 e. The second kappa shape index (κ2) is 4.50. The summed E-state index contributed by atoms with van der Waals surface area (Å²) in [5.74, 6) is 0.512. The summed E-state index contributed by atoms with van der Waals surface area (Å²) in [6, 6.07) is 7.24. The molecule has 3 heteroatoms. The molecule has 70 valence electrons. The van der Waals surface area contributed by atoms with E-state index in [-0.39, 0.29) is 0 Å². The highest BCUT2D eigenvalue weighted by Crippen LogP contribution is 2.12. The third kappa shape index (κ3) is 3.15. The van der Waals surface area contributed by atoms with E-state index in [1.807, 2.05) is 19.1 Å². The van der Waals surface area contributed by atoms with E-state index in [2.05, 4.69) is 4.74 Å². The number of carbonyl (C=O) groups is 1. The number of aryl methyl sites for hydroxylation is 1. The van der Waals surface area contributed by atoms with Crippen molar-refractivity contribution in [1.82, 2.24) is 0 Å². The van der Waals surface area contributed by atoms with E-state index in [1.54, 1.807) is 19.1 Å². The van der Waals surface area contributed by atoms with Gasteiger partial charge in [-0.05, 0) is 31.5 Å².